The van der Waals surface area contributed by atoms with E-state index in [0.29, 0.717) is 23.5 Å². The predicted octanol–water partition coefficient (Wildman–Crippen LogP) is 3.47. The van der Waals surface area contributed by atoms with Crippen molar-refractivity contribution in [1.82, 2.24) is 29.9 Å². The van der Waals surface area contributed by atoms with Gasteiger partial charge in [0.1, 0.15) is 11.6 Å². The number of halogens is 2. The number of rotatable bonds is 4. The Hall–Kier alpha value is -2.58. The molecule has 0 amide bonds. The van der Waals surface area contributed by atoms with Gasteiger partial charge in [0.25, 0.3) is 0 Å². The summed E-state index contributed by atoms with van der Waals surface area (Å²) in [4.78, 5) is 24.2. The zero-order valence-electron chi connectivity index (χ0n) is 12.7. The van der Waals surface area contributed by atoms with Crippen LogP contribution in [0, 0.1) is 13.8 Å². The van der Waals surface area contributed by atoms with Gasteiger partial charge in [-0.3, -0.25) is 0 Å². The van der Waals surface area contributed by atoms with Crippen molar-refractivity contribution in [2.24, 2.45) is 0 Å². The van der Waals surface area contributed by atoms with Crippen molar-refractivity contribution < 1.29 is 0 Å². The van der Waals surface area contributed by atoms with Crippen molar-refractivity contribution in [2.75, 3.05) is 10.6 Å². The second kappa shape index (κ2) is 6.90. The first-order chi connectivity index (χ1) is 11.5. The van der Waals surface area contributed by atoms with Crippen LogP contribution in [0.25, 0.3) is 0 Å². The first-order valence-electron chi connectivity index (χ1n) is 6.88. The Kier molecular flexibility index (Phi) is 4.68. The second-order valence-corrected chi connectivity index (χ2v) is 5.45. The summed E-state index contributed by atoms with van der Waals surface area (Å²) in [5, 5.41) is 6.40. The standard InChI is InChI=1S/C14H12Cl2N8/c1-7-17-11(15)23-13(19-7)21-9-3-5-10(6-4-9)22-14-20-8(2)18-12(16)24-14/h3-6H,1-2H3,(H,17,19,21,23)(H,18,20,22,24). The minimum absolute atomic E-state index is 0.144. The van der Waals surface area contributed by atoms with Gasteiger partial charge in [-0.15, -0.1) is 0 Å². The van der Waals surface area contributed by atoms with Crippen molar-refractivity contribution in [3.63, 3.8) is 0 Å². The minimum atomic E-state index is 0.144. The molecule has 0 fully saturated rings. The topological polar surface area (TPSA) is 101 Å². The van der Waals surface area contributed by atoms with Crippen LogP contribution in [-0.2, 0) is 0 Å². The van der Waals surface area contributed by atoms with E-state index >= 15 is 0 Å². The number of anilines is 4. The van der Waals surface area contributed by atoms with E-state index in [1.807, 2.05) is 24.3 Å². The average Bonchev–Trinajstić information content (AvgIpc) is 2.47. The number of aryl methyl sites for hydroxylation is 2. The van der Waals surface area contributed by atoms with Gasteiger partial charge in [-0.05, 0) is 61.3 Å². The van der Waals surface area contributed by atoms with E-state index in [2.05, 4.69) is 40.5 Å². The van der Waals surface area contributed by atoms with Crippen LogP contribution in [0.1, 0.15) is 11.6 Å². The molecule has 0 spiro atoms. The molecule has 8 nitrogen and oxygen atoms in total. The Labute approximate surface area is 147 Å². The first-order valence-corrected chi connectivity index (χ1v) is 7.64. The Morgan fingerprint density at radius 1 is 0.625 bits per heavy atom. The number of aromatic nitrogens is 6. The molecular weight excluding hydrogens is 351 g/mol. The molecular formula is C14H12Cl2N8. The minimum Gasteiger partial charge on any atom is -0.324 e. The van der Waals surface area contributed by atoms with Gasteiger partial charge in [-0.2, -0.15) is 19.9 Å². The molecule has 0 aliphatic heterocycles. The summed E-state index contributed by atoms with van der Waals surface area (Å²) < 4.78 is 0. The summed E-state index contributed by atoms with van der Waals surface area (Å²) in [6.45, 7) is 3.49. The molecule has 3 aromatic rings. The van der Waals surface area contributed by atoms with Gasteiger partial charge in [-0.1, -0.05) is 0 Å². The molecule has 3 rings (SSSR count). The first kappa shape index (κ1) is 16.3. The molecule has 0 aliphatic carbocycles. The third kappa shape index (κ3) is 4.24. The molecule has 2 heterocycles. The second-order valence-electron chi connectivity index (χ2n) is 4.78. The fourth-order valence-electron chi connectivity index (χ4n) is 1.91. The van der Waals surface area contributed by atoms with Gasteiger partial charge in [0, 0.05) is 11.4 Å². The maximum atomic E-state index is 5.82. The van der Waals surface area contributed by atoms with Gasteiger partial charge in [0.2, 0.25) is 22.5 Å². The normalized spacial score (nSPS) is 10.5. The summed E-state index contributed by atoms with van der Waals surface area (Å²) in [5.74, 6) is 1.84. The number of nitrogens with zero attached hydrogens (tertiary/aromatic N) is 6. The summed E-state index contributed by atoms with van der Waals surface area (Å²) in [6, 6.07) is 7.41. The van der Waals surface area contributed by atoms with Crippen molar-refractivity contribution in [2.45, 2.75) is 13.8 Å². The quantitative estimate of drug-likeness (QED) is 0.727. The van der Waals surface area contributed by atoms with Gasteiger partial charge in [0.05, 0.1) is 0 Å². The lowest BCUT2D eigenvalue weighted by atomic mass is 10.3. The van der Waals surface area contributed by atoms with Crippen LogP contribution >= 0.6 is 23.2 Å². The Morgan fingerprint density at radius 2 is 1.00 bits per heavy atom. The molecule has 0 atom stereocenters. The van der Waals surface area contributed by atoms with Crippen molar-refractivity contribution in [3.05, 3.63) is 46.5 Å². The lowest BCUT2D eigenvalue weighted by Gasteiger charge is -2.08. The molecule has 24 heavy (non-hydrogen) atoms. The van der Waals surface area contributed by atoms with Crippen LogP contribution in [0.2, 0.25) is 10.6 Å². The van der Waals surface area contributed by atoms with E-state index in [9.17, 15) is 0 Å². The van der Waals surface area contributed by atoms with E-state index in [4.69, 9.17) is 23.2 Å². The molecule has 0 saturated carbocycles. The summed E-state index contributed by atoms with van der Waals surface area (Å²) >= 11 is 11.6. The fourth-order valence-corrected chi connectivity index (χ4v) is 2.31. The maximum absolute atomic E-state index is 5.82. The molecule has 0 radical (unpaired) electrons. The molecule has 1 aromatic carbocycles. The zero-order valence-corrected chi connectivity index (χ0v) is 14.3. The molecule has 0 aliphatic rings. The molecule has 0 saturated heterocycles. The van der Waals surface area contributed by atoms with E-state index in [1.165, 1.54) is 0 Å². The molecule has 2 aromatic heterocycles. The number of hydrogen-bond acceptors (Lipinski definition) is 8. The fraction of sp³-hybridized carbons (Fsp3) is 0.143. The van der Waals surface area contributed by atoms with Crippen molar-refractivity contribution >= 4 is 46.5 Å². The monoisotopic (exact) mass is 362 g/mol. The van der Waals surface area contributed by atoms with Crippen molar-refractivity contribution in [3.8, 4) is 0 Å². The highest BCUT2D eigenvalue weighted by Gasteiger charge is 2.04. The summed E-state index contributed by atoms with van der Waals surface area (Å²) in [6.07, 6.45) is 0. The molecule has 0 unspecified atom stereocenters. The Bertz CT molecular complexity index is 756. The number of hydrogen-bond donors (Lipinski definition) is 2. The highest BCUT2D eigenvalue weighted by atomic mass is 35.5. The Balaban J connectivity index is 1.73. The maximum Gasteiger partial charge on any atom is 0.231 e. The zero-order chi connectivity index (χ0) is 17.1. The third-order valence-electron chi connectivity index (χ3n) is 2.84. The van der Waals surface area contributed by atoms with Gasteiger partial charge >= 0.3 is 0 Å². The van der Waals surface area contributed by atoms with Crippen LogP contribution < -0.4 is 10.6 Å². The van der Waals surface area contributed by atoms with E-state index < -0.39 is 0 Å². The van der Waals surface area contributed by atoms with Gasteiger partial charge in [-0.25, -0.2) is 9.97 Å². The molecule has 122 valence electrons. The molecule has 0 bridgehead atoms. The van der Waals surface area contributed by atoms with E-state index in [-0.39, 0.29) is 10.6 Å². The predicted molar refractivity (Wildman–Crippen MR) is 92.2 cm³/mol. The van der Waals surface area contributed by atoms with E-state index in [1.54, 1.807) is 13.8 Å². The van der Waals surface area contributed by atoms with Crippen LogP contribution in [0.5, 0.6) is 0 Å². The highest BCUT2D eigenvalue weighted by Crippen LogP contribution is 2.19. The summed E-state index contributed by atoms with van der Waals surface area (Å²) in [7, 11) is 0. The van der Waals surface area contributed by atoms with Crippen LogP contribution in [0.4, 0.5) is 23.3 Å². The number of nitrogens with one attached hydrogen (secondary N) is 2. The van der Waals surface area contributed by atoms with E-state index in [0.717, 1.165) is 11.4 Å². The largest absolute Gasteiger partial charge is 0.324 e. The van der Waals surface area contributed by atoms with Crippen LogP contribution in [0.3, 0.4) is 0 Å². The van der Waals surface area contributed by atoms with Crippen LogP contribution in [0.15, 0.2) is 24.3 Å². The van der Waals surface area contributed by atoms with Crippen molar-refractivity contribution in [1.29, 1.82) is 0 Å². The highest BCUT2D eigenvalue weighted by molar-refractivity contribution is 6.28. The third-order valence-corrected chi connectivity index (χ3v) is 3.18. The Morgan fingerprint density at radius 3 is 1.33 bits per heavy atom. The summed E-state index contributed by atoms with van der Waals surface area (Å²) in [5.41, 5.74) is 1.60. The average molecular weight is 363 g/mol. The SMILES string of the molecule is Cc1nc(Cl)nc(Nc2ccc(Nc3nc(C)nc(Cl)n3)cc2)n1. The van der Waals surface area contributed by atoms with Crippen LogP contribution in [-0.4, -0.2) is 29.9 Å². The van der Waals surface area contributed by atoms with Gasteiger partial charge < -0.3 is 10.6 Å². The molecule has 2 N–H and O–H groups in total. The van der Waals surface area contributed by atoms with Gasteiger partial charge in [0.15, 0.2) is 0 Å². The lowest BCUT2D eigenvalue weighted by Crippen LogP contribution is -2.02. The lowest BCUT2D eigenvalue weighted by molar-refractivity contribution is 0.981. The smallest absolute Gasteiger partial charge is 0.231 e. The molecule has 10 heteroatoms. The number of benzene rings is 1.